The summed E-state index contributed by atoms with van der Waals surface area (Å²) in [7, 11) is 0. The summed E-state index contributed by atoms with van der Waals surface area (Å²) in [5, 5.41) is 12.2. The molecule has 1 unspecified atom stereocenters. The van der Waals surface area contributed by atoms with Crippen molar-refractivity contribution in [3.05, 3.63) is 35.4 Å². The molecule has 2 aliphatic rings. The van der Waals surface area contributed by atoms with Crippen LogP contribution in [0.1, 0.15) is 17.2 Å². The minimum atomic E-state index is -0.220. The van der Waals surface area contributed by atoms with E-state index in [1.165, 1.54) is 11.1 Å². The Kier molecular flexibility index (Phi) is 1.83. The minimum absolute atomic E-state index is 0.00185. The van der Waals surface area contributed by atoms with Crippen molar-refractivity contribution in [2.24, 2.45) is 11.8 Å². The van der Waals surface area contributed by atoms with Crippen molar-refractivity contribution in [2.75, 3.05) is 6.61 Å². The second-order valence-corrected chi connectivity index (χ2v) is 4.34. The van der Waals surface area contributed by atoms with Crippen LogP contribution in [0.25, 0.3) is 0 Å². The average molecular weight is 203 g/mol. The summed E-state index contributed by atoms with van der Waals surface area (Å²) < 4.78 is 0. The smallest absolute Gasteiger partial charge is 0.226 e. The fraction of sp³-hybridized carbons (Fsp3) is 0.417. The number of amides is 1. The predicted octanol–water partition coefficient (Wildman–Crippen LogP) is 0.638. The van der Waals surface area contributed by atoms with Crippen molar-refractivity contribution in [3.8, 4) is 0 Å². The van der Waals surface area contributed by atoms with Crippen LogP contribution in [-0.2, 0) is 11.2 Å². The van der Waals surface area contributed by atoms with Gasteiger partial charge in [0.25, 0.3) is 0 Å². The lowest BCUT2D eigenvalue weighted by Gasteiger charge is -2.12. The first-order chi connectivity index (χ1) is 7.31. The molecule has 1 heterocycles. The van der Waals surface area contributed by atoms with Crippen LogP contribution >= 0.6 is 0 Å². The molecule has 1 aromatic carbocycles. The van der Waals surface area contributed by atoms with Crippen LogP contribution < -0.4 is 5.32 Å². The molecular weight excluding hydrogens is 190 g/mol. The van der Waals surface area contributed by atoms with Gasteiger partial charge in [0.15, 0.2) is 0 Å². The summed E-state index contributed by atoms with van der Waals surface area (Å²) in [5.41, 5.74) is 2.54. The van der Waals surface area contributed by atoms with Crippen LogP contribution in [0.5, 0.6) is 0 Å². The Bertz CT molecular complexity index is 416. The van der Waals surface area contributed by atoms with Crippen molar-refractivity contribution in [1.29, 1.82) is 0 Å². The van der Waals surface area contributed by atoms with Gasteiger partial charge in [-0.15, -0.1) is 0 Å². The van der Waals surface area contributed by atoms with Gasteiger partial charge in [-0.25, -0.2) is 0 Å². The maximum absolute atomic E-state index is 11.6. The fourth-order valence-electron chi connectivity index (χ4n) is 2.86. The van der Waals surface area contributed by atoms with Gasteiger partial charge in [-0.1, -0.05) is 24.3 Å². The Labute approximate surface area is 88.1 Å². The molecule has 15 heavy (non-hydrogen) atoms. The van der Waals surface area contributed by atoms with Gasteiger partial charge in [-0.05, 0) is 17.5 Å². The molecule has 0 spiro atoms. The molecule has 1 aliphatic heterocycles. The number of nitrogens with one attached hydrogen (secondary N) is 1. The third-order valence-corrected chi connectivity index (χ3v) is 3.62. The quantitative estimate of drug-likeness (QED) is 0.703. The highest BCUT2D eigenvalue weighted by atomic mass is 16.3. The first kappa shape index (κ1) is 8.92. The van der Waals surface area contributed by atoms with Gasteiger partial charge in [-0.3, -0.25) is 4.79 Å². The van der Waals surface area contributed by atoms with Crippen molar-refractivity contribution in [1.82, 2.24) is 5.32 Å². The molecule has 3 atom stereocenters. The zero-order valence-corrected chi connectivity index (χ0v) is 8.31. The molecule has 3 nitrogen and oxygen atoms in total. The van der Waals surface area contributed by atoms with Crippen LogP contribution in [0.2, 0.25) is 0 Å². The molecule has 1 amide bonds. The van der Waals surface area contributed by atoms with Gasteiger partial charge in [-0.2, -0.15) is 0 Å². The van der Waals surface area contributed by atoms with E-state index in [9.17, 15) is 9.90 Å². The standard InChI is InChI=1S/C12H13NO2/c14-6-10-9-5-7-3-1-2-4-8(7)11(9)13-12(10)15/h1-4,9-11,14H,5-6H2,(H,13,15)/t9-,10?,11-/m1/s1. The predicted molar refractivity (Wildman–Crippen MR) is 55.1 cm³/mol. The van der Waals surface area contributed by atoms with Gasteiger partial charge < -0.3 is 10.4 Å². The molecule has 2 N–H and O–H groups in total. The minimum Gasteiger partial charge on any atom is -0.396 e. The topological polar surface area (TPSA) is 49.3 Å². The van der Waals surface area contributed by atoms with Gasteiger partial charge in [0, 0.05) is 5.92 Å². The number of hydrogen-bond donors (Lipinski definition) is 2. The summed E-state index contributed by atoms with van der Waals surface area (Å²) in [6.45, 7) is -0.0407. The number of rotatable bonds is 1. The van der Waals surface area contributed by atoms with E-state index in [0.29, 0.717) is 0 Å². The molecule has 1 aliphatic carbocycles. The zero-order valence-electron chi connectivity index (χ0n) is 8.31. The summed E-state index contributed by atoms with van der Waals surface area (Å²) in [6, 6.07) is 8.33. The van der Waals surface area contributed by atoms with Crippen LogP contribution in [0, 0.1) is 11.8 Å². The van der Waals surface area contributed by atoms with Gasteiger partial charge in [0.05, 0.1) is 18.6 Å². The summed E-state index contributed by atoms with van der Waals surface area (Å²) in [5.74, 6) is 0.0318. The second-order valence-electron chi connectivity index (χ2n) is 4.34. The van der Waals surface area contributed by atoms with E-state index in [0.717, 1.165) is 6.42 Å². The third-order valence-electron chi connectivity index (χ3n) is 3.62. The van der Waals surface area contributed by atoms with E-state index in [4.69, 9.17) is 0 Å². The lowest BCUT2D eigenvalue weighted by atomic mass is 9.91. The van der Waals surface area contributed by atoms with Crippen LogP contribution in [0.15, 0.2) is 24.3 Å². The van der Waals surface area contributed by atoms with Crippen LogP contribution in [0.3, 0.4) is 0 Å². The lowest BCUT2D eigenvalue weighted by Crippen LogP contribution is -2.24. The Morgan fingerprint density at radius 1 is 1.40 bits per heavy atom. The molecule has 0 saturated carbocycles. The Morgan fingerprint density at radius 2 is 2.20 bits per heavy atom. The molecule has 3 rings (SSSR count). The van der Waals surface area contributed by atoms with E-state index in [1.807, 2.05) is 12.1 Å². The molecular formula is C12H13NO2. The van der Waals surface area contributed by atoms with E-state index >= 15 is 0 Å². The monoisotopic (exact) mass is 203 g/mol. The SMILES string of the molecule is O=C1N[C@@H]2c3ccccc3C[C@@H]2C1CO. The van der Waals surface area contributed by atoms with Crippen molar-refractivity contribution in [2.45, 2.75) is 12.5 Å². The van der Waals surface area contributed by atoms with E-state index in [1.54, 1.807) is 0 Å². The summed E-state index contributed by atoms with van der Waals surface area (Å²) >= 11 is 0. The number of aliphatic hydroxyl groups excluding tert-OH is 1. The highest BCUT2D eigenvalue weighted by molar-refractivity contribution is 5.83. The molecule has 78 valence electrons. The Hall–Kier alpha value is -1.35. The lowest BCUT2D eigenvalue weighted by molar-refractivity contribution is -0.124. The van der Waals surface area contributed by atoms with E-state index in [2.05, 4.69) is 17.4 Å². The van der Waals surface area contributed by atoms with Gasteiger partial charge >= 0.3 is 0 Å². The molecule has 1 aromatic rings. The van der Waals surface area contributed by atoms with Crippen LogP contribution in [-0.4, -0.2) is 17.6 Å². The number of fused-ring (bicyclic) bond motifs is 3. The molecule has 0 radical (unpaired) electrons. The van der Waals surface area contributed by atoms with Crippen molar-refractivity contribution >= 4 is 5.91 Å². The number of benzene rings is 1. The number of hydrogen-bond acceptors (Lipinski definition) is 2. The zero-order chi connectivity index (χ0) is 10.4. The second kappa shape index (κ2) is 3.07. The highest BCUT2D eigenvalue weighted by Gasteiger charge is 2.46. The molecule has 1 fully saturated rings. The van der Waals surface area contributed by atoms with Crippen molar-refractivity contribution in [3.63, 3.8) is 0 Å². The fourth-order valence-corrected chi connectivity index (χ4v) is 2.86. The Morgan fingerprint density at radius 3 is 3.00 bits per heavy atom. The summed E-state index contributed by atoms with van der Waals surface area (Å²) in [4.78, 5) is 11.6. The number of carbonyl (C=O) groups excluding carboxylic acids is 1. The maximum Gasteiger partial charge on any atom is 0.226 e. The van der Waals surface area contributed by atoms with Gasteiger partial charge in [0.1, 0.15) is 0 Å². The number of carbonyl (C=O) groups is 1. The van der Waals surface area contributed by atoms with Crippen LogP contribution in [0.4, 0.5) is 0 Å². The normalized spacial score (nSPS) is 32.3. The van der Waals surface area contributed by atoms with E-state index in [-0.39, 0.29) is 30.4 Å². The third kappa shape index (κ3) is 1.13. The first-order valence-corrected chi connectivity index (χ1v) is 5.30. The van der Waals surface area contributed by atoms with Gasteiger partial charge in [0.2, 0.25) is 5.91 Å². The maximum atomic E-state index is 11.6. The van der Waals surface area contributed by atoms with E-state index < -0.39 is 0 Å². The first-order valence-electron chi connectivity index (χ1n) is 5.30. The average Bonchev–Trinajstić information content (AvgIpc) is 2.72. The number of aliphatic hydroxyl groups is 1. The summed E-state index contributed by atoms with van der Waals surface area (Å²) in [6.07, 6.45) is 0.908. The largest absolute Gasteiger partial charge is 0.396 e. The van der Waals surface area contributed by atoms with Crippen molar-refractivity contribution < 1.29 is 9.90 Å². The Balaban J connectivity index is 2.01. The molecule has 0 bridgehead atoms. The molecule has 1 saturated heterocycles. The molecule has 3 heteroatoms. The highest BCUT2D eigenvalue weighted by Crippen LogP contribution is 2.43. The molecule has 0 aromatic heterocycles.